The van der Waals surface area contributed by atoms with Gasteiger partial charge < -0.3 is 5.11 Å². The fourth-order valence-corrected chi connectivity index (χ4v) is 2.39. The van der Waals surface area contributed by atoms with Crippen molar-refractivity contribution in [1.29, 1.82) is 0 Å². The van der Waals surface area contributed by atoms with Gasteiger partial charge in [0.05, 0.1) is 0 Å². The van der Waals surface area contributed by atoms with Crippen molar-refractivity contribution in [3.8, 4) is 11.1 Å². The number of rotatable bonds is 5. The SMILES string of the molecule is O=C(c1ccc(-c2ccc(C(O)CF)cc2)cc1)C1CC1. The van der Waals surface area contributed by atoms with Crippen LogP contribution in [0.4, 0.5) is 4.39 Å². The van der Waals surface area contributed by atoms with Crippen LogP contribution in [-0.2, 0) is 0 Å². The summed E-state index contributed by atoms with van der Waals surface area (Å²) >= 11 is 0. The predicted molar refractivity (Wildman–Crippen MR) is 79.9 cm³/mol. The van der Waals surface area contributed by atoms with Crippen molar-refractivity contribution < 1.29 is 14.3 Å². The van der Waals surface area contributed by atoms with Crippen molar-refractivity contribution in [2.75, 3.05) is 6.67 Å². The van der Waals surface area contributed by atoms with Gasteiger partial charge in [-0.05, 0) is 29.5 Å². The molecule has 1 unspecified atom stereocenters. The number of carbonyl (C=O) groups is 1. The topological polar surface area (TPSA) is 37.3 Å². The number of benzene rings is 2. The second kappa shape index (κ2) is 5.78. The number of aliphatic hydroxyl groups excluding tert-OH is 1. The first kappa shape index (κ1) is 14.0. The van der Waals surface area contributed by atoms with Gasteiger partial charge in [0.2, 0.25) is 0 Å². The lowest BCUT2D eigenvalue weighted by Crippen LogP contribution is -2.00. The summed E-state index contributed by atoms with van der Waals surface area (Å²) in [6.07, 6.45) is 0.968. The molecule has 0 heterocycles. The molecule has 2 aromatic carbocycles. The summed E-state index contributed by atoms with van der Waals surface area (Å²) < 4.78 is 12.4. The molecule has 1 saturated carbocycles. The van der Waals surface area contributed by atoms with Crippen LogP contribution in [0.25, 0.3) is 11.1 Å². The highest BCUT2D eigenvalue weighted by Crippen LogP contribution is 2.33. The van der Waals surface area contributed by atoms with E-state index in [1.807, 2.05) is 36.4 Å². The van der Waals surface area contributed by atoms with Crippen molar-refractivity contribution >= 4 is 5.78 Å². The van der Waals surface area contributed by atoms with Crippen LogP contribution in [0.15, 0.2) is 48.5 Å². The Morgan fingerprint density at radius 1 is 1.05 bits per heavy atom. The maximum atomic E-state index is 12.4. The summed E-state index contributed by atoms with van der Waals surface area (Å²) in [6.45, 7) is -0.780. The van der Waals surface area contributed by atoms with Gasteiger partial charge in [-0.2, -0.15) is 0 Å². The van der Waals surface area contributed by atoms with Crippen LogP contribution in [0, 0.1) is 5.92 Å². The van der Waals surface area contributed by atoms with Crippen molar-refractivity contribution in [2.24, 2.45) is 5.92 Å². The van der Waals surface area contributed by atoms with Crippen LogP contribution in [0.2, 0.25) is 0 Å². The van der Waals surface area contributed by atoms with Gasteiger partial charge >= 0.3 is 0 Å². The Bertz CT molecular complexity index is 627. The molecule has 1 aliphatic carbocycles. The normalized spacial score (nSPS) is 15.7. The number of ketones is 1. The Kier molecular flexibility index (Phi) is 3.84. The van der Waals surface area contributed by atoms with Crippen LogP contribution in [0.3, 0.4) is 0 Å². The van der Waals surface area contributed by atoms with Crippen molar-refractivity contribution in [3.63, 3.8) is 0 Å². The second-order valence-electron chi connectivity index (χ2n) is 5.51. The first-order valence-corrected chi connectivity index (χ1v) is 7.17. The molecule has 0 saturated heterocycles. The Labute approximate surface area is 123 Å². The minimum absolute atomic E-state index is 0.234. The molecule has 1 fully saturated rings. The van der Waals surface area contributed by atoms with E-state index in [1.54, 1.807) is 12.1 Å². The van der Waals surface area contributed by atoms with Crippen LogP contribution >= 0.6 is 0 Å². The van der Waals surface area contributed by atoms with Crippen molar-refractivity contribution in [2.45, 2.75) is 18.9 Å². The molecule has 21 heavy (non-hydrogen) atoms. The average molecular weight is 284 g/mol. The number of aliphatic hydroxyl groups is 1. The molecule has 3 rings (SSSR count). The van der Waals surface area contributed by atoms with Crippen molar-refractivity contribution in [1.82, 2.24) is 0 Å². The number of alkyl halides is 1. The van der Waals surface area contributed by atoms with Gasteiger partial charge in [-0.25, -0.2) is 4.39 Å². The maximum Gasteiger partial charge on any atom is 0.165 e. The zero-order chi connectivity index (χ0) is 14.8. The van der Waals surface area contributed by atoms with Crippen LogP contribution < -0.4 is 0 Å². The highest BCUT2D eigenvalue weighted by molar-refractivity contribution is 5.99. The lowest BCUT2D eigenvalue weighted by atomic mass is 9.99. The number of halogens is 1. The second-order valence-corrected chi connectivity index (χ2v) is 5.51. The summed E-state index contributed by atoms with van der Waals surface area (Å²) in [7, 11) is 0. The van der Waals surface area contributed by atoms with Gasteiger partial charge in [-0.15, -0.1) is 0 Å². The Hall–Kier alpha value is -2.00. The molecule has 3 heteroatoms. The summed E-state index contributed by atoms with van der Waals surface area (Å²) in [5.41, 5.74) is 3.33. The smallest absolute Gasteiger partial charge is 0.165 e. The molecule has 0 amide bonds. The van der Waals surface area contributed by atoms with E-state index in [-0.39, 0.29) is 11.7 Å². The molecule has 0 aromatic heterocycles. The third-order valence-electron chi connectivity index (χ3n) is 3.89. The Morgan fingerprint density at radius 2 is 1.57 bits per heavy atom. The first-order valence-electron chi connectivity index (χ1n) is 7.17. The quantitative estimate of drug-likeness (QED) is 0.844. The molecule has 1 N–H and O–H groups in total. The highest BCUT2D eigenvalue weighted by Gasteiger charge is 2.30. The third kappa shape index (κ3) is 3.03. The molecule has 1 aliphatic rings. The van der Waals surface area contributed by atoms with E-state index in [0.29, 0.717) is 5.56 Å². The van der Waals surface area contributed by atoms with Gasteiger partial charge in [0.1, 0.15) is 12.8 Å². The van der Waals surface area contributed by atoms with Gasteiger partial charge in [-0.3, -0.25) is 4.79 Å². The molecule has 0 bridgehead atoms. The average Bonchev–Trinajstić information content (AvgIpc) is 3.39. The van der Waals surface area contributed by atoms with E-state index in [9.17, 15) is 14.3 Å². The molecule has 0 aliphatic heterocycles. The van der Waals surface area contributed by atoms with Gasteiger partial charge in [0, 0.05) is 11.5 Å². The number of hydrogen-bond donors (Lipinski definition) is 1. The summed E-state index contributed by atoms with van der Waals surface area (Å²) in [6, 6.07) is 14.7. The maximum absolute atomic E-state index is 12.4. The largest absolute Gasteiger partial charge is 0.386 e. The van der Waals surface area contributed by atoms with E-state index in [0.717, 1.165) is 29.5 Å². The van der Waals surface area contributed by atoms with E-state index in [2.05, 4.69) is 0 Å². The number of carbonyl (C=O) groups excluding carboxylic acids is 1. The standard InChI is InChI=1S/C18H17FO2/c19-11-17(20)14-5-1-12(2-6-14)13-3-7-15(8-4-13)18(21)16-9-10-16/h1-8,16-17,20H,9-11H2. The van der Waals surface area contributed by atoms with E-state index in [4.69, 9.17) is 0 Å². The Balaban J connectivity index is 1.78. The molecule has 1 atom stereocenters. The lowest BCUT2D eigenvalue weighted by molar-refractivity contribution is 0.0967. The number of hydrogen-bond acceptors (Lipinski definition) is 2. The van der Waals surface area contributed by atoms with Gasteiger partial charge in [0.15, 0.2) is 5.78 Å². The van der Waals surface area contributed by atoms with Crippen LogP contribution in [0.5, 0.6) is 0 Å². The van der Waals surface area contributed by atoms with Crippen LogP contribution in [0.1, 0.15) is 34.9 Å². The summed E-state index contributed by atoms with van der Waals surface area (Å²) in [5, 5.41) is 9.43. The molecule has 2 nitrogen and oxygen atoms in total. The van der Waals surface area contributed by atoms with E-state index >= 15 is 0 Å². The first-order chi connectivity index (χ1) is 10.2. The zero-order valence-electron chi connectivity index (χ0n) is 11.6. The lowest BCUT2D eigenvalue weighted by Gasteiger charge is -2.08. The molecule has 2 aromatic rings. The highest BCUT2D eigenvalue weighted by atomic mass is 19.1. The van der Waals surface area contributed by atoms with Gasteiger partial charge in [0.25, 0.3) is 0 Å². The van der Waals surface area contributed by atoms with Crippen LogP contribution in [-0.4, -0.2) is 17.6 Å². The minimum atomic E-state index is -1.06. The monoisotopic (exact) mass is 284 g/mol. The molecule has 0 spiro atoms. The zero-order valence-corrected chi connectivity index (χ0v) is 11.6. The predicted octanol–water partition coefficient (Wildman–Crippen LogP) is 3.95. The Morgan fingerprint density at radius 3 is 2.05 bits per heavy atom. The van der Waals surface area contributed by atoms with Gasteiger partial charge in [-0.1, -0.05) is 48.5 Å². The molecule has 0 radical (unpaired) electrons. The fraction of sp³-hybridized carbons (Fsp3) is 0.278. The molecule has 108 valence electrons. The summed E-state index contributed by atoms with van der Waals surface area (Å²) in [4.78, 5) is 11.9. The number of Topliss-reactive ketones (excluding diaryl/α,β-unsaturated/α-hetero) is 1. The van der Waals surface area contributed by atoms with E-state index in [1.165, 1.54) is 0 Å². The third-order valence-corrected chi connectivity index (χ3v) is 3.89. The summed E-state index contributed by atoms with van der Waals surface area (Å²) in [5.74, 6) is 0.472. The fourth-order valence-electron chi connectivity index (χ4n) is 2.39. The van der Waals surface area contributed by atoms with E-state index < -0.39 is 12.8 Å². The molecular formula is C18H17FO2. The van der Waals surface area contributed by atoms with Crippen molar-refractivity contribution in [3.05, 3.63) is 59.7 Å². The minimum Gasteiger partial charge on any atom is -0.386 e. The molecular weight excluding hydrogens is 267 g/mol.